The first-order chi connectivity index (χ1) is 17.2. The molecule has 1 amide bonds. The van der Waals surface area contributed by atoms with Gasteiger partial charge in [-0.05, 0) is 48.5 Å². The zero-order chi connectivity index (χ0) is 24.5. The minimum Gasteiger partial charge on any atom is -0.447 e. The topological polar surface area (TPSA) is 94.6 Å². The van der Waals surface area contributed by atoms with Crippen LogP contribution in [0.15, 0.2) is 48.5 Å². The molecule has 2 fully saturated rings. The lowest BCUT2D eigenvalue weighted by atomic mass is 10.0. The van der Waals surface area contributed by atoms with E-state index in [9.17, 15) is 9.59 Å². The second-order valence-corrected chi connectivity index (χ2v) is 8.58. The lowest BCUT2D eigenvalue weighted by Crippen LogP contribution is -2.49. The third-order valence-corrected chi connectivity index (χ3v) is 6.33. The largest absolute Gasteiger partial charge is 0.447 e. The molecule has 2 aromatic carbocycles. The molecule has 0 spiro atoms. The van der Waals surface area contributed by atoms with E-state index in [1.54, 1.807) is 4.90 Å². The highest BCUT2D eigenvalue weighted by Gasteiger charge is 2.22. The molecule has 9 nitrogen and oxygen atoms in total. The fourth-order valence-corrected chi connectivity index (χ4v) is 4.33. The number of nitrogens with zero attached hydrogens (tertiary/aromatic N) is 3. The van der Waals surface area contributed by atoms with E-state index >= 15 is 0 Å². The highest BCUT2D eigenvalue weighted by Crippen LogP contribution is 2.21. The van der Waals surface area contributed by atoms with Crippen LogP contribution in [0.3, 0.4) is 0 Å². The molecule has 2 heterocycles. The van der Waals surface area contributed by atoms with E-state index in [4.69, 9.17) is 14.6 Å². The van der Waals surface area contributed by atoms with Gasteiger partial charge in [-0.15, -0.1) is 0 Å². The van der Waals surface area contributed by atoms with E-state index in [-0.39, 0.29) is 38.3 Å². The fraction of sp³-hybridized carbons (Fsp3) is 0.462. The molecule has 2 aliphatic heterocycles. The maximum atomic E-state index is 13.0. The number of piperazine rings is 2. The van der Waals surface area contributed by atoms with Crippen LogP contribution in [-0.2, 0) is 9.47 Å². The third-order valence-electron chi connectivity index (χ3n) is 6.33. The summed E-state index contributed by atoms with van der Waals surface area (Å²) in [6, 6.07) is 15.5. The Balaban J connectivity index is 1.26. The van der Waals surface area contributed by atoms with Crippen molar-refractivity contribution in [1.82, 2.24) is 10.2 Å². The normalized spacial score (nSPS) is 16.3. The van der Waals surface area contributed by atoms with Crippen LogP contribution < -0.4 is 15.1 Å². The number of carbonyl (C=O) groups is 2. The summed E-state index contributed by atoms with van der Waals surface area (Å²) < 4.78 is 10.3. The lowest BCUT2D eigenvalue weighted by molar-refractivity contribution is 0.0411. The molecule has 2 N–H and O–H groups in total. The van der Waals surface area contributed by atoms with Gasteiger partial charge >= 0.3 is 6.09 Å². The Bertz CT molecular complexity index is 953. The number of aliphatic hydroxyl groups is 1. The molecule has 0 radical (unpaired) electrons. The summed E-state index contributed by atoms with van der Waals surface area (Å²) in [4.78, 5) is 31.4. The van der Waals surface area contributed by atoms with Gasteiger partial charge in [0.05, 0.1) is 19.8 Å². The molecule has 0 unspecified atom stereocenters. The molecule has 0 aromatic heterocycles. The summed E-state index contributed by atoms with van der Waals surface area (Å²) in [7, 11) is 0. The van der Waals surface area contributed by atoms with Crippen LogP contribution in [0.2, 0.25) is 0 Å². The summed E-state index contributed by atoms with van der Waals surface area (Å²) in [5, 5.41) is 12.0. The van der Waals surface area contributed by atoms with Gasteiger partial charge in [-0.3, -0.25) is 4.79 Å². The van der Waals surface area contributed by atoms with Crippen LogP contribution >= 0.6 is 0 Å². The van der Waals surface area contributed by atoms with Crippen LogP contribution in [0.5, 0.6) is 0 Å². The summed E-state index contributed by atoms with van der Waals surface area (Å²) in [5.74, 6) is 0.0129. The minimum atomic E-state index is -0.346. The molecule has 0 aliphatic carbocycles. The van der Waals surface area contributed by atoms with Gasteiger partial charge in [0, 0.05) is 74.9 Å². The number of benzene rings is 2. The molecule has 0 saturated carbocycles. The molecule has 0 atom stereocenters. The Morgan fingerprint density at radius 1 is 0.743 bits per heavy atom. The average molecular weight is 483 g/mol. The van der Waals surface area contributed by atoms with Crippen molar-refractivity contribution in [2.24, 2.45) is 0 Å². The van der Waals surface area contributed by atoms with Crippen molar-refractivity contribution in [2.45, 2.75) is 0 Å². The SMILES string of the molecule is O=C(c1ccc(N2CCNCC2)cc1)c1ccc(N2CCN(C(=O)OCCOCCO)CC2)cc1. The number of ketones is 1. The summed E-state index contributed by atoms with van der Waals surface area (Å²) in [6.07, 6.45) is -0.346. The second kappa shape index (κ2) is 12.5. The van der Waals surface area contributed by atoms with E-state index in [1.165, 1.54) is 0 Å². The molecule has 4 rings (SSSR count). The Morgan fingerprint density at radius 3 is 1.83 bits per heavy atom. The average Bonchev–Trinajstić information content (AvgIpc) is 2.93. The summed E-state index contributed by atoms with van der Waals surface area (Å²) in [6.45, 7) is 7.07. The Kier molecular flexibility index (Phi) is 8.94. The van der Waals surface area contributed by atoms with E-state index < -0.39 is 0 Å². The van der Waals surface area contributed by atoms with Gasteiger partial charge in [0.2, 0.25) is 0 Å². The number of anilines is 2. The van der Waals surface area contributed by atoms with Crippen molar-refractivity contribution in [3.63, 3.8) is 0 Å². The maximum Gasteiger partial charge on any atom is 0.409 e. The maximum absolute atomic E-state index is 13.0. The molecule has 2 aliphatic rings. The van der Waals surface area contributed by atoms with Crippen LogP contribution in [0.25, 0.3) is 0 Å². The molecule has 0 bridgehead atoms. The van der Waals surface area contributed by atoms with Gasteiger partial charge in [0.15, 0.2) is 5.78 Å². The molecule has 2 saturated heterocycles. The number of nitrogens with one attached hydrogen (secondary N) is 1. The molecule has 35 heavy (non-hydrogen) atoms. The van der Waals surface area contributed by atoms with Gasteiger partial charge < -0.3 is 34.6 Å². The van der Waals surface area contributed by atoms with Crippen molar-refractivity contribution in [2.75, 3.05) is 88.6 Å². The van der Waals surface area contributed by atoms with Crippen molar-refractivity contribution in [3.8, 4) is 0 Å². The van der Waals surface area contributed by atoms with E-state index in [2.05, 4.69) is 15.1 Å². The summed E-state index contributed by atoms with van der Waals surface area (Å²) in [5.41, 5.74) is 3.53. The zero-order valence-corrected chi connectivity index (χ0v) is 20.0. The Labute approximate surface area is 206 Å². The first-order valence-electron chi connectivity index (χ1n) is 12.2. The van der Waals surface area contributed by atoms with Gasteiger partial charge in [-0.25, -0.2) is 4.79 Å². The van der Waals surface area contributed by atoms with Crippen LogP contribution in [0.4, 0.5) is 16.2 Å². The smallest absolute Gasteiger partial charge is 0.409 e. The first kappa shape index (κ1) is 25.0. The van der Waals surface area contributed by atoms with Crippen LogP contribution in [-0.4, -0.2) is 101 Å². The third kappa shape index (κ3) is 6.72. The number of amides is 1. The van der Waals surface area contributed by atoms with E-state index in [1.807, 2.05) is 48.5 Å². The summed E-state index contributed by atoms with van der Waals surface area (Å²) >= 11 is 0. The van der Waals surface area contributed by atoms with Crippen LogP contribution in [0, 0.1) is 0 Å². The first-order valence-corrected chi connectivity index (χ1v) is 12.2. The van der Waals surface area contributed by atoms with E-state index in [0.29, 0.717) is 37.3 Å². The quantitative estimate of drug-likeness (QED) is 0.411. The van der Waals surface area contributed by atoms with Crippen molar-refractivity contribution in [1.29, 1.82) is 0 Å². The van der Waals surface area contributed by atoms with Crippen molar-refractivity contribution in [3.05, 3.63) is 59.7 Å². The standard InChI is InChI=1S/C26H34N4O5/c31-17-18-34-19-20-35-26(33)30-15-13-29(14-16-30)24-7-3-22(4-8-24)25(32)21-1-5-23(6-2-21)28-11-9-27-10-12-28/h1-8,27,31H,9-20H2. The number of carbonyl (C=O) groups excluding carboxylic acids is 2. The molecule has 9 heteroatoms. The molecule has 188 valence electrons. The molecular formula is C26H34N4O5. The van der Waals surface area contributed by atoms with E-state index in [0.717, 1.165) is 37.6 Å². The van der Waals surface area contributed by atoms with Gasteiger partial charge in [-0.2, -0.15) is 0 Å². The van der Waals surface area contributed by atoms with Gasteiger partial charge in [-0.1, -0.05) is 0 Å². The highest BCUT2D eigenvalue weighted by atomic mass is 16.6. The van der Waals surface area contributed by atoms with Crippen LogP contribution in [0.1, 0.15) is 15.9 Å². The van der Waals surface area contributed by atoms with Gasteiger partial charge in [0.25, 0.3) is 0 Å². The zero-order valence-electron chi connectivity index (χ0n) is 20.0. The second-order valence-electron chi connectivity index (χ2n) is 8.58. The Hall–Kier alpha value is -3.14. The highest BCUT2D eigenvalue weighted by molar-refractivity contribution is 6.09. The minimum absolute atomic E-state index is 0.0129. The number of hydrogen-bond donors (Lipinski definition) is 2. The molecular weight excluding hydrogens is 448 g/mol. The fourth-order valence-electron chi connectivity index (χ4n) is 4.33. The number of hydrogen-bond acceptors (Lipinski definition) is 8. The number of ether oxygens (including phenoxy) is 2. The number of aliphatic hydroxyl groups excluding tert-OH is 1. The lowest BCUT2D eigenvalue weighted by Gasteiger charge is -2.35. The Morgan fingerprint density at radius 2 is 1.29 bits per heavy atom. The predicted octanol–water partition coefficient (Wildman–Crippen LogP) is 1.59. The molecule has 2 aromatic rings. The van der Waals surface area contributed by atoms with Crippen molar-refractivity contribution >= 4 is 23.3 Å². The number of rotatable bonds is 9. The predicted molar refractivity (Wildman–Crippen MR) is 134 cm³/mol. The van der Waals surface area contributed by atoms with Crippen molar-refractivity contribution < 1.29 is 24.2 Å². The van der Waals surface area contributed by atoms with Gasteiger partial charge in [0.1, 0.15) is 6.61 Å². The monoisotopic (exact) mass is 482 g/mol.